The van der Waals surface area contributed by atoms with Crippen molar-refractivity contribution in [3.8, 4) is 5.75 Å². The van der Waals surface area contributed by atoms with Crippen molar-refractivity contribution in [1.82, 2.24) is 0 Å². The number of nitrogens with zero attached hydrogens (tertiary/aromatic N) is 1. The first-order chi connectivity index (χ1) is 12.9. The molecule has 0 atom stereocenters. The van der Waals surface area contributed by atoms with Crippen LogP contribution in [0.4, 0.5) is 5.69 Å². The number of para-hydroxylation sites is 2. The molecule has 2 radical (unpaired) electrons. The van der Waals surface area contributed by atoms with Gasteiger partial charge < -0.3 is 4.90 Å². The number of benzene rings is 2. The molecule has 0 amide bonds. The summed E-state index contributed by atoms with van der Waals surface area (Å²) in [5.74, 6) is 4.10. The van der Waals surface area contributed by atoms with Gasteiger partial charge in [0.25, 0.3) is 0 Å². The van der Waals surface area contributed by atoms with Gasteiger partial charge in [-0.25, -0.2) is 0 Å². The normalized spacial score (nSPS) is 14.0. The van der Waals surface area contributed by atoms with E-state index in [0.29, 0.717) is 0 Å². The molecule has 6 heteroatoms. The van der Waals surface area contributed by atoms with Crippen LogP contribution in [0.5, 0.6) is 5.75 Å². The third-order valence-electron chi connectivity index (χ3n) is 3.62. The summed E-state index contributed by atoms with van der Waals surface area (Å²) in [5.41, 5.74) is 3.45. The fourth-order valence-corrected chi connectivity index (χ4v) is 4.76. The van der Waals surface area contributed by atoms with Crippen LogP contribution < -0.4 is 9.64 Å². The van der Waals surface area contributed by atoms with E-state index in [1.54, 1.807) is 11.8 Å². The Morgan fingerprint density at radius 3 is 2.22 bits per heavy atom. The zero-order valence-electron chi connectivity index (χ0n) is 15.7. The Morgan fingerprint density at radius 2 is 1.67 bits per heavy atom. The molecule has 0 saturated carbocycles. The number of allylic oxidation sites excluding steroid dienone is 2. The minimum Gasteiger partial charge on any atom is -0.323 e. The Kier molecular flexibility index (Phi) is 9.38. The largest absolute Gasteiger partial charge is 0.323 e. The number of ether oxygens (including phenoxy) is 1. The van der Waals surface area contributed by atoms with E-state index in [1.807, 2.05) is 60.9 Å². The van der Waals surface area contributed by atoms with Crippen LogP contribution in [-0.4, -0.2) is 10.7 Å². The van der Waals surface area contributed by atoms with Crippen LogP contribution in [0.3, 0.4) is 0 Å². The van der Waals surface area contributed by atoms with Crippen LogP contribution in [0.2, 0.25) is 0 Å². The second-order valence-electron chi connectivity index (χ2n) is 6.02. The van der Waals surface area contributed by atoms with Gasteiger partial charge >= 0.3 is 97.8 Å². The van der Waals surface area contributed by atoms with Gasteiger partial charge in [0.05, 0.1) is 0 Å². The molecule has 3 rings (SSSR count). The number of anilines is 1. The molecule has 0 aromatic heterocycles. The first-order valence-electron chi connectivity index (χ1n) is 8.42. The minimum atomic E-state index is -1.77. The van der Waals surface area contributed by atoms with Crippen molar-refractivity contribution in [2.75, 3.05) is 4.90 Å². The summed E-state index contributed by atoms with van der Waals surface area (Å²) < 4.78 is 7.51. The third kappa shape index (κ3) is 7.27. The second kappa shape index (κ2) is 11.3. The standard InChI is InChI=1S/C11H11NS.C10H12O.2ClH.Ru/c1-9-10(2)13-8-12(9)11-6-4-3-5-7-11;1-8(2)11-10-7-5-4-6-9(10)3;;;/h3-7H,1-2H3;3-8H,1-2H3;2*1H;/q;;;;+2/p-2. The maximum Gasteiger partial charge on any atom is 0.168 e. The molecule has 0 aliphatic carbocycles. The zero-order chi connectivity index (χ0) is 19.8. The Morgan fingerprint density at radius 1 is 1.04 bits per heavy atom. The molecule has 1 aliphatic heterocycles. The topological polar surface area (TPSA) is 12.5 Å². The molecule has 0 spiro atoms. The van der Waals surface area contributed by atoms with Crippen LogP contribution in [-0.2, 0) is 13.5 Å². The van der Waals surface area contributed by atoms with Crippen molar-refractivity contribution < 1.29 is 18.3 Å². The number of rotatable bonds is 4. The number of thioether (sulfide) groups is 1. The van der Waals surface area contributed by atoms with Crippen LogP contribution in [0.25, 0.3) is 0 Å². The van der Waals surface area contributed by atoms with E-state index in [2.05, 4.69) is 36.8 Å². The molecule has 1 aliphatic rings. The fourth-order valence-electron chi connectivity index (χ4n) is 2.25. The van der Waals surface area contributed by atoms with Gasteiger partial charge in [0.2, 0.25) is 0 Å². The number of hydrogen-bond donors (Lipinski definition) is 0. The van der Waals surface area contributed by atoms with Gasteiger partial charge in [-0.1, -0.05) is 30.0 Å². The third-order valence-corrected chi connectivity index (χ3v) is 6.33. The summed E-state index contributed by atoms with van der Waals surface area (Å²) in [6.45, 7) is 8.23. The van der Waals surface area contributed by atoms with Crippen molar-refractivity contribution in [3.63, 3.8) is 0 Å². The van der Waals surface area contributed by atoms with Crippen molar-refractivity contribution in [3.05, 3.63) is 76.6 Å². The monoisotopic (exact) mass is 509 g/mol. The molecule has 1 heterocycles. The summed E-state index contributed by atoms with van der Waals surface area (Å²) in [6, 6.07) is 18.1. The SMILES string of the molecule is CC(C)Oc1ccccc1[CH]=[Ru]([Cl])[Cl].CC1=C(C)N(c2ccccc2)[C]S1. The van der Waals surface area contributed by atoms with Gasteiger partial charge in [-0.2, -0.15) is 0 Å². The Bertz CT molecular complexity index is 805. The summed E-state index contributed by atoms with van der Waals surface area (Å²) in [6.07, 6.45) is 0.163. The summed E-state index contributed by atoms with van der Waals surface area (Å²) in [7, 11) is 11.6. The molecule has 146 valence electrons. The molecule has 2 nitrogen and oxygen atoms in total. The van der Waals surface area contributed by atoms with Gasteiger partial charge in [-0.05, 0) is 26.0 Å². The van der Waals surface area contributed by atoms with Gasteiger partial charge in [0.1, 0.15) is 0 Å². The van der Waals surface area contributed by atoms with Crippen molar-refractivity contribution in [1.29, 1.82) is 0 Å². The van der Waals surface area contributed by atoms with Crippen molar-refractivity contribution >= 4 is 41.4 Å². The number of halogens is 2. The van der Waals surface area contributed by atoms with Crippen molar-refractivity contribution in [2.45, 2.75) is 33.8 Å². The molecule has 0 N–H and O–H groups in total. The number of hydrogen-bond acceptors (Lipinski definition) is 3. The van der Waals surface area contributed by atoms with Gasteiger partial charge in [-0.15, -0.1) is 0 Å². The van der Waals surface area contributed by atoms with Crippen LogP contribution in [0, 0.1) is 5.88 Å². The first kappa shape index (κ1) is 22.5. The maximum absolute atomic E-state index is 5.82. The smallest absolute Gasteiger partial charge is 0.168 e. The summed E-state index contributed by atoms with van der Waals surface area (Å²) >= 11 is -0.106. The molecule has 0 saturated heterocycles. The van der Waals surface area contributed by atoms with E-state index in [1.165, 1.54) is 16.3 Å². The fraction of sp³-hybridized carbons (Fsp3) is 0.238. The molecule has 2 aromatic carbocycles. The Labute approximate surface area is 180 Å². The predicted octanol–water partition coefficient (Wildman–Crippen LogP) is 7.04. The summed E-state index contributed by atoms with van der Waals surface area (Å²) in [5, 5.41) is 0. The molecular formula is C21H23Cl2NORuS. The second-order valence-corrected chi connectivity index (χ2v) is 12.7. The van der Waals surface area contributed by atoms with Crippen LogP contribution in [0.1, 0.15) is 33.3 Å². The first-order valence-corrected chi connectivity index (χ1v) is 14.7. The van der Waals surface area contributed by atoms with E-state index in [-0.39, 0.29) is 6.10 Å². The molecule has 2 aromatic rings. The van der Waals surface area contributed by atoms with Crippen molar-refractivity contribution in [2.24, 2.45) is 0 Å². The molecule has 0 fully saturated rings. The quantitative estimate of drug-likeness (QED) is 0.411. The molecule has 27 heavy (non-hydrogen) atoms. The maximum atomic E-state index is 5.82. The van der Waals surface area contributed by atoms with Gasteiger partial charge in [0, 0.05) is 16.3 Å². The van der Waals surface area contributed by atoms with Crippen LogP contribution >= 0.6 is 31.1 Å². The molecular weight excluding hydrogens is 486 g/mol. The van der Waals surface area contributed by atoms with E-state index in [0.717, 1.165) is 11.3 Å². The molecule has 0 bridgehead atoms. The van der Waals surface area contributed by atoms with E-state index in [4.69, 9.17) is 24.1 Å². The van der Waals surface area contributed by atoms with E-state index >= 15 is 0 Å². The van der Waals surface area contributed by atoms with Gasteiger partial charge in [-0.3, -0.25) is 0 Å². The average Bonchev–Trinajstić information content (AvgIpc) is 2.96. The van der Waals surface area contributed by atoms with Crippen LogP contribution in [0.15, 0.2) is 65.2 Å². The molecule has 0 unspecified atom stereocenters. The summed E-state index contributed by atoms with van der Waals surface area (Å²) in [4.78, 5) is 3.42. The Balaban J connectivity index is 0.000000194. The van der Waals surface area contributed by atoms with Gasteiger partial charge in [0.15, 0.2) is 5.88 Å². The minimum absolute atomic E-state index is 0.163. The Hall–Kier alpha value is -0.797. The van der Waals surface area contributed by atoms with E-state index in [9.17, 15) is 0 Å². The van der Waals surface area contributed by atoms with E-state index < -0.39 is 13.5 Å². The zero-order valence-corrected chi connectivity index (χ0v) is 19.8. The predicted molar refractivity (Wildman–Crippen MR) is 117 cm³/mol. The average molecular weight is 509 g/mol.